The Balaban J connectivity index is 2.17. The van der Waals surface area contributed by atoms with Crippen molar-refractivity contribution in [3.63, 3.8) is 0 Å². The van der Waals surface area contributed by atoms with Crippen LogP contribution in [0.5, 0.6) is 0 Å². The minimum Gasteiger partial charge on any atom is -0.385 e. The molecule has 118 valence electrons. The van der Waals surface area contributed by atoms with Crippen molar-refractivity contribution >= 4 is 5.91 Å². The van der Waals surface area contributed by atoms with E-state index in [-0.39, 0.29) is 17.4 Å². The van der Waals surface area contributed by atoms with Gasteiger partial charge < -0.3 is 10.1 Å². The van der Waals surface area contributed by atoms with E-state index in [1.165, 1.54) is 10.7 Å². The molecule has 0 aliphatic heterocycles. The molecule has 0 radical (unpaired) electrons. The molecular formula is C16H20FN3O2. The van der Waals surface area contributed by atoms with Gasteiger partial charge in [0.25, 0.3) is 5.91 Å². The molecule has 0 saturated heterocycles. The number of aryl methyl sites for hydroxylation is 2. The average molecular weight is 305 g/mol. The fraction of sp³-hybridized carbons (Fsp3) is 0.375. The number of amides is 1. The Morgan fingerprint density at radius 2 is 2.18 bits per heavy atom. The van der Waals surface area contributed by atoms with Crippen LogP contribution >= 0.6 is 0 Å². The van der Waals surface area contributed by atoms with E-state index in [1.807, 2.05) is 6.92 Å². The molecule has 0 atom stereocenters. The number of carbonyl (C=O) groups is 1. The fourth-order valence-corrected chi connectivity index (χ4v) is 2.17. The smallest absolute Gasteiger partial charge is 0.271 e. The highest BCUT2D eigenvalue weighted by molar-refractivity contribution is 5.93. The van der Waals surface area contributed by atoms with Crippen molar-refractivity contribution < 1.29 is 13.9 Å². The van der Waals surface area contributed by atoms with Crippen LogP contribution in [0.3, 0.4) is 0 Å². The average Bonchev–Trinajstić information content (AvgIpc) is 2.88. The molecule has 1 heterocycles. The monoisotopic (exact) mass is 305 g/mol. The van der Waals surface area contributed by atoms with Crippen molar-refractivity contribution in [1.29, 1.82) is 0 Å². The van der Waals surface area contributed by atoms with Crippen LogP contribution in [0.1, 0.15) is 22.5 Å². The van der Waals surface area contributed by atoms with Crippen LogP contribution < -0.4 is 5.32 Å². The quantitative estimate of drug-likeness (QED) is 0.833. The first-order valence-corrected chi connectivity index (χ1v) is 7.10. The van der Waals surface area contributed by atoms with Crippen molar-refractivity contribution in [3.05, 3.63) is 41.3 Å². The number of nitrogens with zero attached hydrogens (tertiary/aromatic N) is 2. The number of benzene rings is 1. The molecule has 0 aliphatic rings. The molecule has 22 heavy (non-hydrogen) atoms. The lowest BCUT2D eigenvalue weighted by atomic mass is 10.1. The van der Waals surface area contributed by atoms with Gasteiger partial charge >= 0.3 is 0 Å². The van der Waals surface area contributed by atoms with Crippen molar-refractivity contribution in [3.8, 4) is 11.3 Å². The minimum atomic E-state index is -0.333. The summed E-state index contributed by atoms with van der Waals surface area (Å²) in [6, 6.07) is 6.47. The van der Waals surface area contributed by atoms with Crippen LogP contribution in [0.2, 0.25) is 0 Å². The van der Waals surface area contributed by atoms with E-state index >= 15 is 0 Å². The molecule has 5 nitrogen and oxygen atoms in total. The first-order valence-electron chi connectivity index (χ1n) is 7.10. The van der Waals surface area contributed by atoms with E-state index in [9.17, 15) is 9.18 Å². The molecule has 0 spiro atoms. The van der Waals surface area contributed by atoms with Crippen molar-refractivity contribution in [2.24, 2.45) is 7.05 Å². The summed E-state index contributed by atoms with van der Waals surface area (Å²) in [5.74, 6) is -0.605. The normalized spacial score (nSPS) is 10.7. The van der Waals surface area contributed by atoms with Crippen molar-refractivity contribution in [1.82, 2.24) is 15.1 Å². The van der Waals surface area contributed by atoms with E-state index in [2.05, 4.69) is 10.4 Å². The Labute approximate surface area is 129 Å². The Morgan fingerprint density at radius 3 is 2.91 bits per heavy atom. The first-order chi connectivity index (χ1) is 10.5. The number of hydrogen-bond donors (Lipinski definition) is 1. The van der Waals surface area contributed by atoms with Gasteiger partial charge in [0.1, 0.15) is 5.82 Å². The highest BCUT2D eigenvalue weighted by atomic mass is 19.1. The molecule has 1 N–H and O–H groups in total. The summed E-state index contributed by atoms with van der Waals surface area (Å²) < 4.78 is 20.4. The topological polar surface area (TPSA) is 56.1 Å². The molecule has 6 heteroatoms. The standard InChI is InChI=1S/C16H20FN3O2/c1-11-5-6-13(17)12(9-11)15-10-14(19-20(15)2)16(21)18-7-4-8-22-3/h5-6,9-10H,4,7-8H2,1-3H3,(H,18,21). The molecule has 0 unspecified atom stereocenters. The van der Waals surface area contributed by atoms with Gasteiger partial charge in [0.15, 0.2) is 5.69 Å². The number of ether oxygens (including phenoxy) is 1. The van der Waals surface area contributed by atoms with E-state index in [4.69, 9.17) is 4.74 Å². The second kappa shape index (κ2) is 7.17. The zero-order valence-electron chi connectivity index (χ0n) is 13.0. The second-order valence-corrected chi connectivity index (χ2v) is 5.12. The van der Waals surface area contributed by atoms with Crippen molar-refractivity contribution in [2.45, 2.75) is 13.3 Å². The Kier molecular flexibility index (Phi) is 5.27. The third kappa shape index (κ3) is 3.71. The fourth-order valence-electron chi connectivity index (χ4n) is 2.17. The predicted molar refractivity (Wildman–Crippen MR) is 82.2 cm³/mol. The van der Waals surface area contributed by atoms with E-state index in [0.717, 1.165) is 12.0 Å². The Bertz CT molecular complexity index is 667. The van der Waals surface area contributed by atoms with E-state index in [1.54, 1.807) is 32.4 Å². The van der Waals surface area contributed by atoms with Crippen LogP contribution in [-0.2, 0) is 11.8 Å². The zero-order valence-corrected chi connectivity index (χ0v) is 13.0. The van der Waals surface area contributed by atoms with Gasteiger partial charge in [-0.1, -0.05) is 11.6 Å². The van der Waals surface area contributed by atoms with E-state index < -0.39 is 0 Å². The summed E-state index contributed by atoms with van der Waals surface area (Å²) >= 11 is 0. The third-order valence-electron chi connectivity index (χ3n) is 3.32. The number of rotatable bonds is 6. The summed E-state index contributed by atoms with van der Waals surface area (Å²) in [7, 11) is 3.31. The summed E-state index contributed by atoms with van der Waals surface area (Å²) in [6.45, 7) is 2.99. The Morgan fingerprint density at radius 1 is 1.41 bits per heavy atom. The van der Waals surface area contributed by atoms with Gasteiger partial charge in [0.05, 0.1) is 5.69 Å². The lowest BCUT2D eigenvalue weighted by molar-refractivity contribution is 0.0943. The van der Waals surface area contributed by atoms with Gasteiger partial charge in [0.2, 0.25) is 0 Å². The molecule has 1 amide bonds. The number of nitrogens with one attached hydrogen (secondary N) is 1. The molecule has 1 aromatic carbocycles. The number of hydrogen-bond acceptors (Lipinski definition) is 3. The van der Waals surface area contributed by atoms with Crippen LogP contribution in [0.25, 0.3) is 11.3 Å². The molecule has 0 fully saturated rings. The summed E-state index contributed by atoms with van der Waals surface area (Å²) in [5, 5.41) is 6.93. The second-order valence-electron chi connectivity index (χ2n) is 5.12. The molecule has 0 aliphatic carbocycles. The molecule has 0 saturated carbocycles. The highest BCUT2D eigenvalue weighted by Gasteiger charge is 2.16. The molecule has 1 aromatic heterocycles. The number of methoxy groups -OCH3 is 1. The summed E-state index contributed by atoms with van der Waals surface area (Å²) in [6.07, 6.45) is 0.731. The van der Waals surface area contributed by atoms with E-state index in [0.29, 0.717) is 24.4 Å². The van der Waals surface area contributed by atoms with Crippen LogP contribution in [0.15, 0.2) is 24.3 Å². The molecule has 0 bridgehead atoms. The molecule has 2 aromatic rings. The van der Waals surface area contributed by atoms with Gasteiger partial charge in [-0.2, -0.15) is 5.10 Å². The first kappa shape index (κ1) is 16.2. The predicted octanol–water partition coefficient (Wildman–Crippen LogP) is 2.30. The SMILES string of the molecule is COCCCNC(=O)c1cc(-c2cc(C)ccc2F)n(C)n1. The number of carbonyl (C=O) groups excluding carboxylic acids is 1. The number of halogens is 1. The maximum absolute atomic E-state index is 14.0. The van der Waals surface area contributed by atoms with Crippen molar-refractivity contribution in [2.75, 3.05) is 20.3 Å². The largest absolute Gasteiger partial charge is 0.385 e. The summed E-state index contributed by atoms with van der Waals surface area (Å²) in [5.41, 5.74) is 2.23. The maximum atomic E-state index is 14.0. The Hall–Kier alpha value is -2.21. The maximum Gasteiger partial charge on any atom is 0.271 e. The van der Waals surface area contributed by atoms with Gasteiger partial charge in [-0.05, 0) is 31.5 Å². The highest BCUT2D eigenvalue weighted by Crippen LogP contribution is 2.24. The van der Waals surface area contributed by atoms with Crippen LogP contribution in [0, 0.1) is 12.7 Å². The lowest BCUT2D eigenvalue weighted by Crippen LogP contribution is -2.25. The van der Waals surface area contributed by atoms with Gasteiger partial charge in [-0.15, -0.1) is 0 Å². The van der Waals surface area contributed by atoms with Gasteiger partial charge in [0, 0.05) is 32.9 Å². The zero-order chi connectivity index (χ0) is 16.1. The lowest BCUT2D eigenvalue weighted by Gasteiger charge is -2.04. The summed E-state index contributed by atoms with van der Waals surface area (Å²) in [4.78, 5) is 12.0. The van der Waals surface area contributed by atoms with Crippen LogP contribution in [0.4, 0.5) is 4.39 Å². The minimum absolute atomic E-state index is 0.272. The van der Waals surface area contributed by atoms with Gasteiger partial charge in [-0.3, -0.25) is 9.48 Å². The van der Waals surface area contributed by atoms with Crippen LogP contribution in [-0.4, -0.2) is 35.9 Å². The molecular weight excluding hydrogens is 285 g/mol. The third-order valence-corrected chi connectivity index (χ3v) is 3.32. The number of aromatic nitrogens is 2. The van der Waals surface area contributed by atoms with Gasteiger partial charge in [-0.25, -0.2) is 4.39 Å². The molecule has 2 rings (SSSR count).